The van der Waals surface area contributed by atoms with Crippen molar-refractivity contribution in [3.05, 3.63) is 45.9 Å². The minimum Gasteiger partial charge on any atom is -0.366 e. The van der Waals surface area contributed by atoms with Gasteiger partial charge in [-0.3, -0.25) is 20.1 Å². The molecule has 5 rings (SSSR count). The topological polar surface area (TPSA) is 89.4 Å². The molecule has 6 nitrogen and oxygen atoms in total. The minimum atomic E-state index is -0.0357. The van der Waals surface area contributed by atoms with E-state index in [0.29, 0.717) is 17.9 Å². The first kappa shape index (κ1) is 14.8. The highest BCUT2D eigenvalue weighted by molar-refractivity contribution is 5.78. The van der Waals surface area contributed by atoms with Gasteiger partial charge in [0.05, 0.1) is 10.9 Å². The van der Waals surface area contributed by atoms with Crippen molar-refractivity contribution in [2.75, 3.05) is 5.32 Å². The van der Waals surface area contributed by atoms with E-state index < -0.39 is 0 Å². The van der Waals surface area contributed by atoms with Crippen LogP contribution in [0.4, 0.5) is 5.82 Å². The SMILES string of the molecule is O=c1[nH][nH]c2ccc(C3CCCC(Nc4cc(C5CC5)[nH]n4)C3)cc12. The zero-order chi connectivity index (χ0) is 16.8. The Morgan fingerprint density at radius 3 is 2.84 bits per heavy atom. The van der Waals surface area contributed by atoms with Crippen LogP contribution in [-0.2, 0) is 0 Å². The summed E-state index contributed by atoms with van der Waals surface area (Å²) in [5.74, 6) is 2.17. The predicted molar refractivity (Wildman–Crippen MR) is 98.1 cm³/mol. The molecule has 2 aromatic heterocycles. The van der Waals surface area contributed by atoms with E-state index in [-0.39, 0.29) is 5.56 Å². The predicted octanol–water partition coefficient (Wildman–Crippen LogP) is 3.60. The molecule has 2 saturated carbocycles. The zero-order valence-corrected chi connectivity index (χ0v) is 14.1. The van der Waals surface area contributed by atoms with Crippen molar-refractivity contribution in [2.45, 2.75) is 56.4 Å². The van der Waals surface area contributed by atoms with Crippen molar-refractivity contribution < 1.29 is 0 Å². The molecule has 0 spiro atoms. The molecule has 0 bridgehead atoms. The summed E-state index contributed by atoms with van der Waals surface area (Å²) in [6.45, 7) is 0. The van der Waals surface area contributed by atoms with Gasteiger partial charge in [0.1, 0.15) is 5.82 Å². The second-order valence-electron chi connectivity index (χ2n) is 7.57. The lowest BCUT2D eigenvalue weighted by Gasteiger charge is -2.30. The summed E-state index contributed by atoms with van der Waals surface area (Å²) in [6.07, 6.45) is 7.21. The third-order valence-corrected chi connectivity index (χ3v) is 5.71. The molecule has 2 unspecified atom stereocenters. The number of rotatable bonds is 4. The Morgan fingerprint density at radius 2 is 1.96 bits per heavy atom. The van der Waals surface area contributed by atoms with Crippen molar-refractivity contribution in [1.29, 1.82) is 0 Å². The summed E-state index contributed by atoms with van der Waals surface area (Å²) in [5.41, 5.74) is 3.38. The van der Waals surface area contributed by atoms with E-state index in [0.717, 1.165) is 23.1 Å². The summed E-state index contributed by atoms with van der Waals surface area (Å²) in [4.78, 5) is 11.9. The van der Waals surface area contributed by atoms with Crippen LogP contribution in [0.3, 0.4) is 0 Å². The Kier molecular flexibility index (Phi) is 3.43. The fraction of sp³-hybridized carbons (Fsp3) is 0.474. The first-order chi connectivity index (χ1) is 12.3. The van der Waals surface area contributed by atoms with Gasteiger partial charge in [-0.25, -0.2) is 0 Å². The first-order valence-corrected chi connectivity index (χ1v) is 9.28. The van der Waals surface area contributed by atoms with Crippen LogP contribution < -0.4 is 10.9 Å². The van der Waals surface area contributed by atoms with Gasteiger partial charge < -0.3 is 5.32 Å². The van der Waals surface area contributed by atoms with Gasteiger partial charge in [-0.1, -0.05) is 12.5 Å². The molecule has 2 aliphatic carbocycles. The van der Waals surface area contributed by atoms with E-state index in [1.54, 1.807) is 0 Å². The fourth-order valence-corrected chi connectivity index (χ4v) is 4.15. The minimum absolute atomic E-state index is 0.0357. The highest BCUT2D eigenvalue weighted by atomic mass is 16.1. The van der Waals surface area contributed by atoms with Gasteiger partial charge in [-0.2, -0.15) is 5.10 Å². The molecule has 130 valence electrons. The molecule has 4 N–H and O–H groups in total. The molecule has 6 heteroatoms. The maximum Gasteiger partial charge on any atom is 0.271 e. The van der Waals surface area contributed by atoms with E-state index in [2.05, 4.69) is 43.9 Å². The number of benzene rings is 1. The molecule has 1 aromatic carbocycles. The quantitative estimate of drug-likeness (QED) is 0.586. The molecule has 0 radical (unpaired) electrons. The van der Waals surface area contributed by atoms with Crippen LogP contribution >= 0.6 is 0 Å². The molecule has 3 aromatic rings. The van der Waals surface area contributed by atoms with Gasteiger partial charge in [-0.05, 0) is 55.7 Å². The van der Waals surface area contributed by atoms with Gasteiger partial charge in [0.15, 0.2) is 0 Å². The standard InChI is InChI=1S/C19H23N5O/c25-19-15-9-13(6-7-16(15)21-24-19)12-2-1-3-14(8-12)20-18-10-17(22-23-18)11-4-5-11/h6-7,9-12,14H,1-5,8H2,(H2,20,22,23)(H2,21,24,25). The Balaban J connectivity index is 1.32. The Labute approximate surface area is 145 Å². The molecule has 25 heavy (non-hydrogen) atoms. The molecule has 2 fully saturated rings. The number of fused-ring (bicyclic) bond motifs is 1. The summed E-state index contributed by atoms with van der Waals surface area (Å²) in [7, 11) is 0. The fourth-order valence-electron chi connectivity index (χ4n) is 4.15. The number of anilines is 1. The summed E-state index contributed by atoms with van der Waals surface area (Å²) in [5, 5.41) is 17.5. The number of aromatic nitrogens is 4. The normalized spacial score (nSPS) is 23.8. The second-order valence-corrected chi connectivity index (χ2v) is 7.57. The van der Waals surface area contributed by atoms with E-state index in [1.807, 2.05) is 6.07 Å². The number of hydrogen-bond acceptors (Lipinski definition) is 3. The van der Waals surface area contributed by atoms with Crippen LogP contribution in [0.25, 0.3) is 10.9 Å². The molecular formula is C19H23N5O. The maximum atomic E-state index is 11.9. The number of nitrogens with zero attached hydrogens (tertiary/aromatic N) is 1. The molecule has 2 heterocycles. The van der Waals surface area contributed by atoms with Crippen LogP contribution in [0.1, 0.15) is 61.6 Å². The van der Waals surface area contributed by atoms with Gasteiger partial charge in [-0.15, -0.1) is 0 Å². The van der Waals surface area contributed by atoms with Crippen LogP contribution in [0, 0.1) is 0 Å². The van der Waals surface area contributed by atoms with Gasteiger partial charge in [0, 0.05) is 23.7 Å². The highest BCUT2D eigenvalue weighted by Crippen LogP contribution is 2.40. The van der Waals surface area contributed by atoms with Gasteiger partial charge in [0.25, 0.3) is 5.56 Å². The Bertz CT molecular complexity index is 948. The number of hydrogen-bond donors (Lipinski definition) is 4. The number of aromatic amines is 3. The van der Waals surface area contributed by atoms with E-state index in [1.165, 1.54) is 43.4 Å². The monoisotopic (exact) mass is 337 g/mol. The van der Waals surface area contributed by atoms with Crippen LogP contribution in [0.2, 0.25) is 0 Å². The number of H-pyrrole nitrogens is 3. The summed E-state index contributed by atoms with van der Waals surface area (Å²) < 4.78 is 0. The van der Waals surface area contributed by atoms with Crippen molar-refractivity contribution in [1.82, 2.24) is 20.4 Å². The van der Waals surface area contributed by atoms with Crippen molar-refractivity contribution in [3.63, 3.8) is 0 Å². The lowest BCUT2D eigenvalue weighted by atomic mass is 9.81. The smallest absolute Gasteiger partial charge is 0.271 e. The Morgan fingerprint density at radius 1 is 1.04 bits per heavy atom. The Hall–Kier alpha value is -2.50. The van der Waals surface area contributed by atoms with Crippen molar-refractivity contribution in [2.24, 2.45) is 0 Å². The van der Waals surface area contributed by atoms with Crippen LogP contribution in [-0.4, -0.2) is 26.4 Å². The summed E-state index contributed by atoms with van der Waals surface area (Å²) >= 11 is 0. The van der Waals surface area contributed by atoms with Gasteiger partial charge >= 0.3 is 0 Å². The van der Waals surface area contributed by atoms with Crippen molar-refractivity contribution in [3.8, 4) is 0 Å². The van der Waals surface area contributed by atoms with E-state index in [9.17, 15) is 4.79 Å². The molecule has 2 aliphatic rings. The number of nitrogens with one attached hydrogen (secondary N) is 4. The van der Waals surface area contributed by atoms with Crippen LogP contribution in [0.5, 0.6) is 0 Å². The van der Waals surface area contributed by atoms with E-state index in [4.69, 9.17) is 0 Å². The zero-order valence-electron chi connectivity index (χ0n) is 14.1. The molecular weight excluding hydrogens is 314 g/mol. The average molecular weight is 337 g/mol. The molecule has 2 atom stereocenters. The summed E-state index contributed by atoms with van der Waals surface area (Å²) in [6, 6.07) is 8.83. The lowest BCUT2D eigenvalue weighted by Crippen LogP contribution is -2.26. The molecule has 0 aliphatic heterocycles. The van der Waals surface area contributed by atoms with Gasteiger partial charge in [0.2, 0.25) is 0 Å². The second kappa shape index (κ2) is 5.79. The third-order valence-electron chi connectivity index (χ3n) is 5.71. The van der Waals surface area contributed by atoms with Crippen molar-refractivity contribution >= 4 is 16.7 Å². The third kappa shape index (κ3) is 2.86. The van der Waals surface area contributed by atoms with E-state index >= 15 is 0 Å². The average Bonchev–Trinajstić information content (AvgIpc) is 3.28. The first-order valence-electron chi connectivity index (χ1n) is 9.28. The lowest BCUT2D eigenvalue weighted by molar-refractivity contribution is 0.410. The molecule has 0 saturated heterocycles. The highest BCUT2D eigenvalue weighted by Gasteiger charge is 2.27. The largest absolute Gasteiger partial charge is 0.366 e. The van der Waals surface area contributed by atoms with Crippen LogP contribution in [0.15, 0.2) is 29.1 Å². The maximum absolute atomic E-state index is 11.9. The molecule has 0 amide bonds.